The summed E-state index contributed by atoms with van der Waals surface area (Å²) in [6.45, 7) is 0.488. The zero-order valence-corrected chi connectivity index (χ0v) is 9.27. The van der Waals surface area contributed by atoms with Crippen LogP contribution in [-0.2, 0) is 21.4 Å². The Morgan fingerprint density at radius 1 is 1.62 bits per heavy atom. The lowest BCUT2D eigenvalue weighted by Crippen LogP contribution is -2.32. The number of sulfonamides is 1. The number of nitrogens with one attached hydrogen (secondary N) is 1. The molecule has 2 heterocycles. The van der Waals surface area contributed by atoms with E-state index in [4.69, 9.17) is 5.14 Å². The second kappa shape index (κ2) is 3.87. The number of rotatable bonds is 3. The van der Waals surface area contributed by atoms with Crippen molar-refractivity contribution in [3.63, 3.8) is 0 Å². The fourth-order valence-corrected chi connectivity index (χ4v) is 2.45. The molecule has 1 aliphatic rings. The monoisotopic (exact) mass is 244 g/mol. The first-order valence-electron chi connectivity index (χ1n) is 4.74. The third-order valence-corrected chi connectivity index (χ3v) is 3.81. The van der Waals surface area contributed by atoms with Gasteiger partial charge in [-0.15, -0.1) is 0 Å². The molecule has 0 radical (unpaired) electrons. The molecule has 1 amide bonds. The summed E-state index contributed by atoms with van der Waals surface area (Å²) in [7, 11) is -3.64. The van der Waals surface area contributed by atoms with Gasteiger partial charge in [0.25, 0.3) is 0 Å². The quantitative estimate of drug-likeness (QED) is 0.695. The Labute approximate surface area is 92.7 Å². The van der Waals surface area contributed by atoms with Gasteiger partial charge < -0.3 is 4.90 Å². The zero-order chi connectivity index (χ0) is 11.8. The average Bonchev–Trinajstić information content (AvgIpc) is 2.76. The van der Waals surface area contributed by atoms with Gasteiger partial charge >= 0.3 is 0 Å². The molecule has 1 aromatic rings. The van der Waals surface area contributed by atoms with Gasteiger partial charge in [-0.1, -0.05) is 0 Å². The topological polar surface area (TPSA) is 109 Å². The molecule has 0 spiro atoms. The largest absolute Gasteiger partial charge is 0.335 e. The van der Waals surface area contributed by atoms with Crippen LogP contribution in [0.1, 0.15) is 12.1 Å². The van der Waals surface area contributed by atoms with Gasteiger partial charge in [-0.2, -0.15) is 5.10 Å². The van der Waals surface area contributed by atoms with Crippen molar-refractivity contribution in [1.82, 2.24) is 15.1 Å². The second-order valence-corrected chi connectivity index (χ2v) is 5.62. The van der Waals surface area contributed by atoms with E-state index in [-0.39, 0.29) is 18.9 Å². The molecule has 8 heteroatoms. The molecule has 0 bridgehead atoms. The maximum absolute atomic E-state index is 11.5. The van der Waals surface area contributed by atoms with Gasteiger partial charge in [0.1, 0.15) is 5.25 Å². The van der Waals surface area contributed by atoms with Gasteiger partial charge in [0.2, 0.25) is 15.9 Å². The lowest BCUT2D eigenvalue weighted by Gasteiger charge is -2.14. The van der Waals surface area contributed by atoms with Crippen molar-refractivity contribution < 1.29 is 13.2 Å². The molecular weight excluding hydrogens is 232 g/mol. The number of carbonyl (C=O) groups excluding carboxylic acids is 1. The lowest BCUT2D eigenvalue weighted by molar-refractivity contribution is -0.128. The van der Waals surface area contributed by atoms with Gasteiger partial charge in [0.05, 0.1) is 12.2 Å². The maximum Gasteiger partial charge on any atom is 0.224 e. The van der Waals surface area contributed by atoms with E-state index >= 15 is 0 Å². The predicted molar refractivity (Wildman–Crippen MR) is 55.5 cm³/mol. The summed E-state index contributed by atoms with van der Waals surface area (Å²) >= 11 is 0. The Hall–Kier alpha value is -1.41. The number of amides is 1. The van der Waals surface area contributed by atoms with Crippen molar-refractivity contribution in [2.75, 3.05) is 6.54 Å². The lowest BCUT2D eigenvalue weighted by atomic mass is 10.4. The van der Waals surface area contributed by atoms with E-state index in [1.807, 2.05) is 0 Å². The highest BCUT2D eigenvalue weighted by Crippen LogP contribution is 2.18. The molecule has 0 saturated carbocycles. The SMILES string of the molecule is NS(=O)(=O)C1CC(=O)N(Cc2ccn[nH]2)C1. The van der Waals surface area contributed by atoms with Crippen molar-refractivity contribution in [3.8, 4) is 0 Å². The molecule has 0 aromatic carbocycles. The smallest absolute Gasteiger partial charge is 0.224 e. The number of H-pyrrole nitrogens is 1. The van der Waals surface area contributed by atoms with E-state index in [1.54, 1.807) is 12.3 Å². The molecular formula is C8H12N4O3S. The fourth-order valence-electron chi connectivity index (χ4n) is 1.69. The fraction of sp³-hybridized carbons (Fsp3) is 0.500. The minimum Gasteiger partial charge on any atom is -0.335 e. The van der Waals surface area contributed by atoms with Crippen LogP contribution in [0.25, 0.3) is 0 Å². The van der Waals surface area contributed by atoms with Gasteiger partial charge in [-0.25, -0.2) is 13.6 Å². The average molecular weight is 244 g/mol. The van der Waals surface area contributed by atoms with Crippen molar-refractivity contribution in [2.45, 2.75) is 18.2 Å². The summed E-state index contributed by atoms with van der Waals surface area (Å²) in [5.74, 6) is -0.200. The highest BCUT2D eigenvalue weighted by molar-refractivity contribution is 7.89. The minimum absolute atomic E-state index is 0.0348. The van der Waals surface area contributed by atoms with E-state index in [0.29, 0.717) is 6.54 Å². The van der Waals surface area contributed by atoms with Crippen LogP contribution in [0.4, 0.5) is 0 Å². The van der Waals surface area contributed by atoms with Crippen LogP contribution < -0.4 is 5.14 Å². The van der Waals surface area contributed by atoms with Crippen molar-refractivity contribution in [2.24, 2.45) is 5.14 Å². The van der Waals surface area contributed by atoms with Crippen LogP contribution in [0.15, 0.2) is 12.3 Å². The summed E-state index contributed by atoms with van der Waals surface area (Å²) in [6, 6.07) is 1.73. The Balaban J connectivity index is 2.06. The number of carbonyl (C=O) groups is 1. The van der Waals surface area contributed by atoms with Crippen molar-refractivity contribution in [1.29, 1.82) is 0 Å². The molecule has 1 saturated heterocycles. The highest BCUT2D eigenvalue weighted by atomic mass is 32.2. The first kappa shape index (κ1) is 11.1. The van der Waals surface area contributed by atoms with Crippen LogP contribution in [-0.4, -0.2) is 41.2 Å². The summed E-state index contributed by atoms with van der Waals surface area (Å²) in [6.07, 6.45) is 1.54. The molecule has 1 aliphatic heterocycles. The Kier molecular flexibility index (Phi) is 2.68. The van der Waals surface area contributed by atoms with Gasteiger partial charge in [0.15, 0.2) is 0 Å². The third-order valence-electron chi connectivity index (χ3n) is 2.56. The van der Waals surface area contributed by atoms with Crippen LogP contribution >= 0.6 is 0 Å². The number of nitrogens with two attached hydrogens (primary N) is 1. The maximum atomic E-state index is 11.5. The first-order chi connectivity index (χ1) is 7.47. The van der Waals surface area contributed by atoms with Crippen LogP contribution in [0.5, 0.6) is 0 Å². The number of primary sulfonamides is 1. The first-order valence-corrected chi connectivity index (χ1v) is 6.35. The van der Waals surface area contributed by atoms with Gasteiger partial charge in [-0.05, 0) is 6.07 Å². The standard InChI is InChI=1S/C8H12N4O3S/c9-16(14,15)7-3-8(13)12(5-7)4-6-1-2-10-11-6/h1-2,7H,3-5H2,(H,10,11)(H2,9,14,15). The minimum atomic E-state index is -3.64. The number of aromatic amines is 1. The predicted octanol–water partition coefficient (Wildman–Crippen LogP) is -1.20. The third kappa shape index (κ3) is 2.22. The summed E-state index contributed by atoms with van der Waals surface area (Å²) in [5.41, 5.74) is 0.767. The number of likely N-dealkylation sites (tertiary alicyclic amines) is 1. The van der Waals surface area contributed by atoms with Crippen LogP contribution in [0, 0.1) is 0 Å². The number of hydrogen-bond donors (Lipinski definition) is 2. The highest BCUT2D eigenvalue weighted by Gasteiger charge is 2.36. The van der Waals surface area contributed by atoms with Crippen LogP contribution in [0.2, 0.25) is 0 Å². The summed E-state index contributed by atoms with van der Waals surface area (Å²) in [5, 5.41) is 10.7. The van der Waals surface area contributed by atoms with Gasteiger partial charge in [-0.3, -0.25) is 9.89 Å². The molecule has 1 aromatic heterocycles. The number of nitrogens with zero attached hydrogens (tertiary/aromatic N) is 2. The second-order valence-electron chi connectivity index (χ2n) is 3.77. The number of aromatic nitrogens is 2. The van der Waals surface area contributed by atoms with E-state index in [9.17, 15) is 13.2 Å². The molecule has 7 nitrogen and oxygen atoms in total. The van der Waals surface area contributed by atoms with Crippen molar-refractivity contribution in [3.05, 3.63) is 18.0 Å². The number of hydrogen-bond acceptors (Lipinski definition) is 4. The van der Waals surface area contributed by atoms with Crippen molar-refractivity contribution >= 4 is 15.9 Å². The zero-order valence-electron chi connectivity index (χ0n) is 8.46. The summed E-state index contributed by atoms with van der Waals surface area (Å²) in [4.78, 5) is 13.0. The van der Waals surface area contributed by atoms with E-state index in [0.717, 1.165) is 5.69 Å². The molecule has 1 atom stereocenters. The Morgan fingerprint density at radius 3 is 2.88 bits per heavy atom. The molecule has 0 aliphatic carbocycles. The molecule has 1 unspecified atom stereocenters. The molecule has 88 valence electrons. The molecule has 2 rings (SSSR count). The van der Waals surface area contributed by atoms with Crippen LogP contribution in [0.3, 0.4) is 0 Å². The summed E-state index contributed by atoms with van der Waals surface area (Å²) < 4.78 is 22.2. The molecule has 3 N–H and O–H groups in total. The van der Waals surface area contributed by atoms with E-state index < -0.39 is 15.3 Å². The Bertz CT molecular complexity index is 481. The molecule has 1 fully saturated rings. The van der Waals surface area contributed by atoms with E-state index in [2.05, 4.69) is 10.2 Å². The van der Waals surface area contributed by atoms with Gasteiger partial charge in [0, 0.05) is 19.2 Å². The van der Waals surface area contributed by atoms with E-state index in [1.165, 1.54) is 4.90 Å². The molecule has 16 heavy (non-hydrogen) atoms. The Morgan fingerprint density at radius 2 is 2.38 bits per heavy atom. The normalized spacial score (nSPS) is 21.7.